The van der Waals surface area contributed by atoms with Crippen molar-refractivity contribution in [1.82, 2.24) is 14.8 Å². The molecule has 5 heteroatoms. The zero-order valence-electron chi connectivity index (χ0n) is 15.6. The summed E-state index contributed by atoms with van der Waals surface area (Å²) in [6.07, 6.45) is 0. The van der Waals surface area contributed by atoms with E-state index in [-0.39, 0.29) is 11.0 Å². The molecule has 0 bridgehead atoms. The number of Topliss-reactive ketones (excluding diaryl/α,β-unsaturated/α-hetero) is 1. The van der Waals surface area contributed by atoms with Gasteiger partial charge in [0, 0.05) is 5.56 Å². The van der Waals surface area contributed by atoms with Crippen molar-refractivity contribution >= 4 is 17.5 Å². The van der Waals surface area contributed by atoms with E-state index < -0.39 is 0 Å². The van der Waals surface area contributed by atoms with Crippen molar-refractivity contribution in [3.63, 3.8) is 0 Å². The number of nitrogens with zero attached hydrogens (tertiary/aromatic N) is 3. The van der Waals surface area contributed by atoms with Crippen LogP contribution in [0.5, 0.6) is 0 Å². The van der Waals surface area contributed by atoms with Crippen LogP contribution < -0.4 is 0 Å². The Bertz CT molecular complexity index is 918. The molecule has 4 nitrogen and oxygen atoms in total. The van der Waals surface area contributed by atoms with E-state index in [1.54, 1.807) is 0 Å². The molecule has 0 fully saturated rings. The van der Waals surface area contributed by atoms with Crippen molar-refractivity contribution in [2.75, 3.05) is 0 Å². The van der Waals surface area contributed by atoms with Crippen molar-refractivity contribution in [3.8, 4) is 0 Å². The molecule has 0 N–H and O–H groups in total. The third kappa shape index (κ3) is 4.05. The zero-order chi connectivity index (χ0) is 18.7. The lowest BCUT2D eigenvalue weighted by Gasteiger charge is -2.13. The molecule has 0 amide bonds. The lowest BCUT2D eigenvalue weighted by molar-refractivity contribution is 0.0993. The predicted molar refractivity (Wildman–Crippen MR) is 106 cm³/mol. The van der Waals surface area contributed by atoms with Gasteiger partial charge in [-0.1, -0.05) is 54.2 Å². The van der Waals surface area contributed by atoms with Gasteiger partial charge in [0.25, 0.3) is 0 Å². The van der Waals surface area contributed by atoms with E-state index in [4.69, 9.17) is 0 Å². The summed E-state index contributed by atoms with van der Waals surface area (Å²) in [7, 11) is 0. The number of rotatable bonds is 6. The van der Waals surface area contributed by atoms with Crippen LogP contribution in [0.4, 0.5) is 0 Å². The van der Waals surface area contributed by atoms with Gasteiger partial charge in [0.05, 0.1) is 11.8 Å². The summed E-state index contributed by atoms with van der Waals surface area (Å²) in [5.74, 6) is 0.965. The topological polar surface area (TPSA) is 47.8 Å². The second-order valence-corrected chi connectivity index (χ2v) is 7.83. The van der Waals surface area contributed by atoms with Gasteiger partial charge in [0.1, 0.15) is 5.82 Å². The van der Waals surface area contributed by atoms with Crippen LogP contribution in [0, 0.1) is 20.8 Å². The molecule has 134 valence electrons. The van der Waals surface area contributed by atoms with E-state index in [0.717, 1.165) is 22.1 Å². The minimum Gasteiger partial charge on any atom is -0.302 e. The van der Waals surface area contributed by atoms with Crippen molar-refractivity contribution in [2.24, 2.45) is 0 Å². The van der Waals surface area contributed by atoms with Gasteiger partial charge in [0.2, 0.25) is 0 Å². The highest BCUT2D eigenvalue weighted by Crippen LogP contribution is 2.26. The van der Waals surface area contributed by atoms with E-state index in [1.807, 2.05) is 57.2 Å². The molecule has 3 rings (SSSR count). The summed E-state index contributed by atoms with van der Waals surface area (Å²) >= 11 is 1.46. The van der Waals surface area contributed by atoms with Gasteiger partial charge in [-0.15, -0.1) is 10.2 Å². The zero-order valence-corrected chi connectivity index (χ0v) is 16.4. The van der Waals surface area contributed by atoms with E-state index in [9.17, 15) is 4.79 Å². The summed E-state index contributed by atoms with van der Waals surface area (Å²) < 4.78 is 2.06. The molecule has 0 radical (unpaired) electrons. The Balaban J connectivity index is 1.78. The lowest BCUT2D eigenvalue weighted by Crippen LogP contribution is -2.15. The van der Waals surface area contributed by atoms with E-state index in [1.165, 1.54) is 22.9 Å². The molecule has 0 aliphatic carbocycles. The normalized spacial score (nSPS) is 12.2. The average Bonchev–Trinajstić information content (AvgIpc) is 2.97. The highest BCUT2D eigenvalue weighted by atomic mass is 32.2. The standard InChI is InChI=1S/C21H23N3OS/c1-14-10-11-19(12-15(14)2)20(25)16(3)26-21-23-22-17(4)24(21)13-18-8-6-5-7-9-18/h5-12,16H,13H2,1-4H3/t16-/m1/s1. The van der Waals surface area contributed by atoms with Crippen molar-refractivity contribution < 1.29 is 4.79 Å². The summed E-state index contributed by atoms with van der Waals surface area (Å²) in [5, 5.41) is 9.04. The first-order chi connectivity index (χ1) is 12.5. The third-order valence-corrected chi connectivity index (χ3v) is 5.61. The Hall–Kier alpha value is -2.40. The molecule has 0 saturated carbocycles. The average molecular weight is 366 g/mol. The fourth-order valence-corrected chi connectivity index (χ4v) is 3.71. The monoisotopic (exact) mass is 365 g/mol. The van der Waals surface area contributed by atoms with Crippen LogP contribution in [0.3, 0.4) is 0 Å². The molecule has 0 saturated heterocycles. The van der Waals surface area contributed by atoms with Gasteiger partial charge in [-0.25, -0.2) is 0 Å². The molecule has 0 unspecified atom stereocenters. The van der Waals surface area contributed by atoms with Crippen molar-refractivity contribution in [3.05, 3.63) is 76.6 Å². The highest BCUT2D eigenvalue weighted by molar-refractivity contribution is 8.00. The molecule has 26 heavy (non-hydrogen) atoms. The fourth-order valence-electron chi connectivity index (χ4n) is 2.74. The van der Waals surface area contributed by atoms with Gasteiger partial charge < -0.3 is 4.57 Å². The van der Waals surface area contributed by atoms with Crippen LogP contribution in [0.2, 0.25) is 0 Å². The Labute approximate surface area is 158 Å². The van der Waals surface area contributed by atoms with Crippen LogP contribution in [-0.2, 0) is 6.54 Å². The lowest BCUT2D eigenvalue weighted by atomic mass is 10.0. The fraction of sp³-hybridized carbons (Fsp3) is 0.286. The van der Waals surface area contributed by atoms with Crippen molar-refractivity contribution in [2.45, 2.75) is 44.6 Å². The number of hydrogen-bond acceptors (Lipinski definition) is 4. The number of carbonyl (C=O) groups is 1. The number of aromatic nitrogens is 3. The maximum absolute atomic E-state index is 12.8. The number of hydrogen-bond donors (Lipinski definition) is 0. The Morgan fingerprint density at radius 2 is 1.77 bits per heavy atom. The first kappa shape index (κ1) is 18.4. The van der Waals surface area contributed by atoms with Crippen LogP contribution in [0.15, 0.2) is 53.7 Å². The molecule has 3 aromatic rings. The van der Waals surface area contributed by atoms with Crippen LogP contribution in [-0.4, -0.2) is 25.8 Å². The quantitative estimate of drug-likeness (QED) is 0.472. The molecular formula is C21H23N3OS. The first-order valence-electron chi connectivity index (χ1n) is 8.67. The Morgan fingerprint density at radius 1 is 1.04 bits per heavy atom. The summed E-state index contributed by atoms with van der Waals surface area (Å²) in [6.45, 7) is 8.65. The predicted octanol–water partition coefficient (Wildman–Crippen LogP) is 4.62. The number of ketones is 1. The first-order valence-corrected chi connectivity index (χ1v) is 9.55. The van der Waals surface area contributed by atoms with Gasteiger partial charge in [-0.2, -0.15) is 0 Å². The van der Waals surface area contributed by atoms with Gasteiger partial charge in [0.15, 0.2) is 10.9 Å². The van der Waals surface area contributed by atoms with Crippen LogP contribution >= 0.6 is 11.8 Å². The number of benzene rings is 2. The number of aryl methyl sites for hydroxylation is 3. The summed E-state index contributed by atoms with van der Waals surface area (Å²) in [4.78, 5) is 12.8. The molecule has 0 aliphatic rings. The van der Waals surface area contributed by atoms with Gasteiger partial charge >= 0.3 is 0 Å². The van der Waals surface area contributed by atoms with Gasteiger partial charge in [-0.05, 0) is 50.5 Å². The van der Waals surface area contributed by atoms with E-state index in [2.05, 4.69) is 33.8 Å². The number of thioether (sulfide) groups is 1. The smallest absolute Gasteiger partial charge is 0.192 e. The maximum atomic E-state index is 12.8. The molecule has 0 spiro atoms. The van der Waals surface area contributed by atoms with Crippen LogP contribution in [0.25, 0.3) is 0 Å². The molecule has 1 aromatic heterocycles. The van der Waals surface area contributed by atoms with E-state index in [0.29, 0.717) is 6.54 Å². The molecular weight excluding hydrogens is 342 g/mol. The second-order valence-electron chi connectivity index (χ2n) is 6.52. The SMILES string of the molecule is Cc1ccc(C(=O)[C@@H](C)Sc2nnc(C)n2Cc2ccccc2)cc1C. The molecule has 0 aliphatic heterocycles. The number of carbonyl (C=O) groups excluding carboxylic acids is 1. The van der Waals surface area contributed by atoms with Crippen LogP contribution in [0.1, 0.15) is 39.8 Å². The Morgan fingerprint density at radius 3 is 2.46 bits per heavy atom. The highest BCUT2D eigenvalue weighted by Gasteiger charge is 2.21. The largest absolute Gasteiger partial charge is 0.302 e. The van der Waals surface area contributed by atoms with Crippen molar-refractivity contribution in [1.29, 1.82) is 0 Å². The minimum absolute atomic E-state index is 0.116. The Kier molecular flexibility index (Phi) is 5.57. The molecule has 1 atom stereocenters. The second kappa shape index (κ2) is 7.87. The van der Waals surface area contributed by atoms with Gasteiger partial charge in [-0.3, -0.25) is 4.79 Å². The maximum Gasteiger partial charge on any atom is 0.192 e. The third-order valence-electron chi connectivity index (χ3n) is 4.53. The minimum atomic E-state index is -0.227. The summed E-state index contributed by atoms with van der Waals surface area (Å²) in [5.41, 5.74) is 4.26. The molecule has 2 aromatic carbocycles. The molecule has 1 heterocycles. The van der Waals surface area contributed by atoms with E-state index >= 15 is 0 Å². The summed E-state index contributed by atoms with van der Waals surface area (Å²) in [6, 6.07) is 16.1.